The molecular weight excluding hydrogens is 396 g/mol. The summed E-state index contributed by atoms with van der Waals surface area (Å²) < 4.78 is 1.05. The Morgan fingerprint density at radius 1 is 1.08 bits per heavy atom. The monoisotopic (exact) mass is 412 g/mol. The van der Waals surface area contributed by atoms with Gasteiger partial charge in [0.1, 0.15) is 0 Å². The first-order valence-corrected chi connectivity index (χ1v) is 9.79. The number of hydrazone groups is 1. The first kappa shape index (κ1) is 17.7. The molecule has 3 rings (SSSR count). The third-order valence-electron chi connectivity index (χ3n) is 3.61. The highest BCUT2D eigenvalue weighted by Crippen LogP contribution is 2.17. The number of rotatable bonds is 6. The molecule has 0 bridgehead atoms. The fraction of sp³-hybridized carbons (Fsp3) is 0.100. The Balaban J connectivity index is 1.51. The van der Waals surface area contributed by atoms with Crippen molar-refractivity contribution in [3.63, 3.8) is 0 Å². The third-order valence-corrected chi connectivity index (χ3v) is 5.10. The second-order valence-electron chi connectivity index (χ2n) is 5.48. The van der Waals surface area contributed by atoms with Crippen LogP contribution in [0.4, 0.5) is 0 Å². The quantitative estimate of drug-likeness (QED) is 0.457. The summed E-state index contributed by atoms with van der Waals surface area (Å²) in [6.07, 6.45) is 1.69. The molecule has 0 aliphatic carbocycles. The Kier molecular flexibility index (Phi) is 6.25. The molecular formula is C20H17BrN2OS. The number of fused-ring (bicyclic) bond motifs is 1. The van der Waals surface area contributed by atoms with Crippen molar-refractivity contribution < 1.29 is 4.79 Å². The largest absolute Gasteiger partial charge is 0.272 e. The molecule has 0 aliphatic rings. The average molecular weight is 413 g/mol. The number of halogens is 1. The van der Waals surface area contributed by atoms with E-state index < -0.39 is 0 Å². The zero-order valence-electron chi connectivity index (χ0n) is 13.5. The van der Waals surface area contributed by atoms with Crippen molar-refractivity contribution in [2.75, 3.05) is 5.75 Å². The van der Waals surface area contributed by atoms with Crippen molar-refractivity contribution >= 4 is 50.6 Å². The van der Waals surface area contributed by atoms with Gasteiger partial charge in [0.15, 0.2) is 0 Å². The number of nitrogens with one attached hydrogen (secondary N) is 1. The van der Waals surface area contributed by atoms with Crippen LogP contribution >= 0.6 is 27.7 Å². The van der Waals surface area contributed by atoms with Crippen molar-refractivity contribution in [3.05, 3.63) is 82.3 Å². The lowest BCUT2D eigenvalue weighted by molar-refractivity contribution is -0.118. The maximum atomic E-state index is 11.9. The molecule has 0 fully saturated rings. The zero-order chi connectivity index (χ0) is 17.5. The van der Waals surface area contributed by atoms with Crippen LogP contribution in [-0.2, 0) is 10.5 Å². The second kappa shape index (κ2) is 8.83. The van der Waals surface area contributed by atoms with Crippen LogP contribution in [-0.4, -0.2) is 17.9 Å². The molecule has 3 aromatic carbocycles. The van der Waals surface area contributed by atoms with Crippen LogP contribution in [0.3, 0.4) is 0 Å². The smallest absolute Gasteiger partial charge is 0.250 e. The standard InChI is InChI=1S/C20H17BrN2OS/c21-18-9-3-5-15(11-18)13-25-14-20(24)23-22-12-17-8-4-7-16-6-1-2-10-19(16)17/h1-12H,13-14H2,(H,23,24). The summed E-state index contributed by atoms with van der Waals surface area (Å²) in [5.41, 5.74) is 4.77. The summed E-state index contributed by atoms with van der Waals surface area (Å²) >= 11 is 5.01. The van der Waals surface area contributed by atoms with Crippen LogP contribution in [0.15, 0.2) is 76.3 Å². The van der Waals surface area contributed by atoms with Gasteiger partial charge in [0.2, 0.25) is 5.91 Å². The van der Waals surface area contributed by atoms with E-state index in [-0.39, 0.29) is 5.91 Å². The van der Waals surface area contributed by atoms with Crippen LogP contribution in [0.1, 0.15) is 11.1 Å². The zero-order valence-corrected chi connectivity index (χ0v) is 15.9. The molecule has 126 valence electrons. The van der Waals surface area contributed by atoms with Gasteiger partial charge >= 0.3 is 0 Å². The average Bonchev–Trinajstić information content (AvgIpc) is 2.62. The van der Waals surface area contributed by atoms with Gasteiger partial charge in [0.25, 0.3) is 0 Å². The van der Waals surface area contributed by atoms with Crippen molar-refractivity contribution in [1.82, 2.24) is 5.43 Å². The minimum atomic E-state index is -0.100. The van der Waals surface area contributed by atoms with E-state index in [0.29, 0.717) is 5.75 Å². The summed E-state index contributed by atoms with van der Waals surface area (Å²) in [5, 5.41) is 6.36. The molecule has 0 aromatic heterocycles. The van der Waals surface area contributed by atoms with Crippen molar-refractivity contribution in [1.29, 1.82) is 0 Å². The number of hydrogen-bond acceptors (Lipinski definition) is 3. The molecule has 0 atom stereocenters. The minimum absolute atomic E-state index is 0.100. The van der Waals surface area contributed by atoms with Crippen LogP contribution < -0.4 is 5.43 Å². The molecule has 3 aromatic rings. The summed E-state index contributed by atoms with van der Waals surface area (Å²) in [6.45, 7) is 0. The maximum Gasteiger partial charge on any atom is 0.250 e. The number of thioether (sulfide) groups is 1. The highest BCUT2D eigenvalue weighted by Gasteiger charge is 2.02. The predicted molar refractivity (Wildman–Crippen MR) is 110 cm³/mol. The fourth-order valence-corrected chi connectivity index (χ4v) is 3.67. The number of hydrogen-bond donors (Lipinski definition) is 1. The molecule has 1 amide bonds. The highest BCUT2D eigenvalue weighted by molar-refractivity contribution is 9.10. The summed E-state index contributed by atoms with van der Waals surface area (Å²) in [6, 6.07) is 22.2. The van der Waals surface area contributed by atoms with Gasteiger partial charge in [-0.3, -0.25) is 4.79 Å². The third kappa shape index (κ3) is 5.18. The minimum Gasteiger partial charge on any atom is -0.272 e. The highest BCUT2D eigenvalue weighted by atomic mass is 79.9. The maximum absolute atomic E-state index is 11.9. The SMILES string of the molecule is O=C(CSCc1cccc(Br)c1)NN=Cc1cccc2ccccc12. The lowest BCUT2D eigenvalue weighted by atomic mass is 10.1. The van der Waals surface area contributed by atoms with E-state index in [9.17, 15) is 4.79 Å². The fourth-order valence-electron chi connectivity index (χ4n) is 2.46. The van der Waals surface area contributed by atoms with Crippen molar-refractivity contribution in [2.24, 2.45) is 5.10 Å². The molecule has 25 heavy (non-hydrogen) atoms. The second-order valence-corrected chi connectivity index (χ2v) is 7.39. The molecule has 1 N–H and O–H groups in total. The van der Waals surface area contributed by atoms with E-state index in [4.69, 9.17) is 0 Å². The Morgan fingerprint density at radius 2 is 1.88 bits per heavy atom. The van der Waals surface area contributed by atoms with Crippen LogP contribution in [0.5, 0.6) is 0 Å². The van der Waals surface area contributed by atoms with Crippen LogP contribution in [0.25, 0.3) is 10.8 Å². The molecule has 0 saturated carbocycles. The number of carbonyl (C=O) groups excluding carboxylic acids is 1. The molecule has 3 nitrogen and oxygen atoms in total. The normalized spacial score (nSPS) is 11.1. The molecule has 0 aliphatic heterocycles. The summed E-state index contributed by atoms with van der Waals surface area (Å²) in [4.78, 5) is 11.9. The first-order valence-electron chi connectivity index (χ1n) is 7.84. The lowest BCUT2D eigenvalue weighted by Gasteiger charge is -2.03. The number of amides is 1. The number of nitrogens with zero attached hydrogens (tertiary/aromatic N) is 1. The van der Waals surface area contributed by atoms with Gasteiger partial charge in [-0.25, -0.2) is 5.43 Å². The molecule has 0 unspecified atom stereocenters. The predicted octanol–water partition coefficient (Wildman–Crippen LogP) is 4.99. The Labute approximate surface area is 159 Å². The molecule has 0 saturated heterocycles. The van der Waals surface area contributed by atoms with Gasteiger partial charge in [-0.05, 0) is 28.5 Å². The van der Waals surface area contributed by atoms with E-state index in [1.807, 2.05) is 48.5 Å². The summed E-state index contributed by atoms with van der Waals surface area (Å²) in [5.74, 6) is 1.07. The van der Waals surface area contributed by atoms with Gasteiger partial charge < -0.3 is 0 Å². The van der Waals surface area contributed by atoms with E-state index in [1.54, 1.807) is 18.0 Å². The first-order chi connectivity index (χ1) is 12.2. The van der Waals surface area contributed by atoms with E-state index in [1.165, 1.54) is 5.56 Å². The lowest BCUT2D eigenvalue weighted by Crippen LogP contribution is -2.19. The molecule has 0 spiro atoms. The van der Waals surface area contributed by atoms with Gasteiger partial charge in [-0.15, -0.1) is 11.8 Å². The van der Waals surface area contributed by atoms with Crippen LogP contribution in [0.2, 0.25) is 0 Å². The number of carbonyl (C=O) groups is 1. The van der Waals surface area contributed by atoms with E-state index in [0.717, 1.165) is 26.6 Å². The van der Waals surface area contributed by atoms with E-state index in [2.05, 4.69) is 44.7 Å². The molecule has 5 heteroatoms. The van der Waals surface area contributed by atoms with E-state index >= 15 is 0 Å². The summed E-state index contributed by atoms with van der Waals surface area (Å²) in [7, 11) is 0. The van der Waals surface area contributed by atoms with Gasteiger partial charge in [0, 0.05) is 15.8 Å². The van der Waals surface area contributed by atoms with Crippen molar-refractivity contribution in [2.45, 2.75) is 5.75 Å². The number of benzene rings is 3. The van der Waals surface area contributed by atoms with Gasteiger partial charge in [-0.1, -0.05) is 70.5 Å². The van der Waals surface area contributed by atoms with Gasteiger partial charge in [-0.2, -0.15) is 5.10 Å². The molecule has 0 radical (unpaired) electrons. The van der Waals surface area contributed by atoms with Crippen molar-refractivity contribution in [3.8, 4) is 0 Å². The Hall–Kier alpha value is -2.11. The molecule has 0 heterocycles. The topological polar surface area (TPSA) is 41.5 Å². The Bertz CT molecular complexity index is 906. The Morgan fingerprint density at radius 3 is 2.76 bits per heavy atom. The van der Waals surface area contributed by atoms with Gasteiger partial charge in [0.05, 0.1) is 12.0 Å². The van der Waals surface area contributed by atoms with Crippen LogP contribution in [0, 0.1) is 0 Å².